The van der Waals surface area contributed by atoms with Gasteiger partial charge in [0, 0.05) is 8.95 Å². The maximum Gasteiger partial charge on any atom is 0.338 e. The highest BCUT2D eigenvalue weighted by molar-refractivity contribution is 9.10. The van der Waals surface area contributed by atoms with Crippen LogP contribution in [0.1, 0.15) is 24.0 Å². The van der Waals surface area contributed by atoms with Crippen LogP contribution in [0, 0.1) is 0 Å². The molecule has 3 aromatic carbocycles. The third-order valence-corrected chi connectivity index (χ3v) is 10.3. The van der Waals surface area contributed by atoms with Gasteiger partial charge in [-0.3, -0.25) is 9.36 Å². The molecule has 1 aliphatic rings. The lowest BCUT2D eigenvalue weighted by Gasteiger charge is -2.28. The number of nitrogens with zero attached hydrogens (tertiary/aromatic N) is 1. The molecule has 2 N–H and O–H groups in total. The molecule has 204 valence electrons. The molecule has 0 amide bonds. The van der Waals surface area contributed by atoms with Crippen LogP contribution in [0.5, 0.6) is 0 Å². The molecule has 0 aliphatic carbocycles. The summed E-state index contributed by atoms with van der Waals surface area (Å²) in [6.45, 7) is 1.72. The minimum Gasteiger partial charge on any atom is -0.463 e. The third kappa shape index (κ3) is 5.14. The van der Waals surface area contributed by atoms with Crippen LogP contribution in [-0.4, -0.2) is 25.6 Å². The van der Waals surface area contributed by atoms with E-state index in [1.165, 1.54) is 12.1 Å². The lowest BCUT2D eigenvalue weighted by atomic mass is 9.89. The molecule has 40 heavy (non-hydrogen) atoms. The Labute approximate surface area is 251 Å². The van der Waals surface area contributed by atoms with E-state index in [1.807, 2.05) is 24.3 Å². The van der Waals surface area contributed by atoms with Crippen LogP contribution in [0.15, 0.2) is 102 Å². The van der Waals surface area contributed by atoms with Gasteiger partial charge >= 0.3 is 5.97 Å². The Bertz CT molecular complexity index is 1960. The van der Waals surface area contributed by atoms with Crippen molar-refractivity contribution >= 4 is 76.5 Å². The topological polar surface area (TPSA) is 108 Å². The molecule has 1 aliphatic heterocycles. The van der Waals surface area contributed by atoms with E-state index >= 15 is 0 Å². The van der Waals surface area contributed by atoms with Crippen molar-refractivity contribution in [1.82, 2.24) is 4.57 Å². The highest BCUT2D eigenvalue weighted by Gasteiger charge is 2.42. The largest absolute Gasteiger partial charge is 0.463 e. The van der Waals surface area contributed by atoms with Crippen molar-refractivity contribution in [2.45, 2.75) is 17.7 Å². The zero-order valence-corrected chi connectivity index (χ0v) is 25.8. The minimum absolute atomic E-state index is 0.0104. The van der Waals surface area contributed by atoms with E-state index < -0.39 is 27.3 Å². The Morgan fingerprint density at radius 1 is 1.02 bits per heavy atom. The maximum absolute atomic E-state index is 14.2. The number of aromatic nitrogens is 1. The number of thiazole rings is 1. The Balaban J connectivity index is 1.94. The van der Waals surface area contributed by atoms with Gasteiger partial charge in [0.2, 0.25) is 9.84 Å². The standard InChI is InChI=1S/C29H22Br2N2O5S2/c1-2-38-29(35)24-23(18-9-7-11-20(31)16-18)25(40(36,37)21-12-4-3-5-13-21)26(32)33-27(34)22(39-28(24)33)15-17-8-6-10-19(30)14-17/h3-16,23H,2,32H2,1H3/t23-/m0/s1. The zero-order valence-electron chi connectivity index (χ0n) is 21.0. The van der Waals surface area contributed by atoms with E-state index in [-0.39, 0.29) is 37.0 Å². The van der Waals surface area contributed by atoms with Gasteiger partial charge in [-0.05, 0) is 60.5 Å². The number of halogens is 2. The second-order valence-corrected chi connectivity index (χ2v) is 13.6. The van der Waals surface area contributed by atoms with E-state index in [1.54, 1.807) is 55.5 Å². The van der Waals surface area contributed by atoms with Crippen molar-refractivity contribution in [3.05, 3.63) is 123 Å². The van der Waals surface area contributed by atoms with Crippen molar-refractivity contribution < 1.29 is 17.9 Å². The molecular weight excluding hydrogens is 680 g/mol. The first-order chi connectivity index (χ1) is 19.1. The molecule has 7 nitrogen and oxygen atoms in total. The fourth-order valence-electron chi connectivity index (χ4n) is 4.58. The van der Waals surface area contributed by atoms with Crippen LogP contribution >= 0.6 is 43.2 Å². The molecule has 0 saturated carbocycles. The summed E-state index contributed by atoms with van der Waals surface area (Å²) in [7, 11) is -4.28. The predicted octanol–water partition coefficient (Wildman–Crippen LogP) is 4.33. The van der Waals surface area contributed by atoms with Crippen LogP contribution in [0.2, 0.25) is 0 Å². The number of hydrogen-bond donors (Lipinski definition) is 1. The van der Waals surface area contributed by atoms with Gasteiger partial charge in [0.15, 0.2) is 0 Å². The molecular formula is C29H22Br2N2O5S2. The smallest absolute Gasteiger partial charge is 0.338 e. The van der Waals surface area contributed by atoms with Gasteiger partial charge in [-0.15, -0.1) is 11.3 Å². The summed E-state index contributed by atoms with van der Waals surface area (Å²) in [6.07, 6.45) is 1.68. The zero-order chi connectivity index (χ0) is 28.6. The van der Waals surface area contributed by atoms with E-state index in [4.69, 9.17) is 10.5 Å². The fraction of sp³-hybridized carbons (Fsp3) is 0.103. The van der Waals surface area contributed by atoms with Gasteiger partial charge in [0.05, 0.1) is 27.5 Å². The minimum atomic E-state index is -4.28. The van der Waals surface area contributed by atoms with Crippen LogP contribution < -0.4 is 20.5 Å². The summed E-state index contributed by atoms with van der Waals surface area (Å²) in [4.78, 5) is 27.1. The summed E-state index contributed by atoms with van der Waals surface area (Å²) in [6, 6.07) is 22.2. The van der Waals surface area contributed by atoms with E-state index in [2.05, 4.69) is 31.9 Å². The highest BCUT2D eigenvalue weighted by atomic mass is 79.9. The SMILES string of the molecule is CCOC(=O)C1=c2sc(=Cc3cccc(Br)c3)c(=O)n2C(N)=C(S(=O)(=O)c2ccccc2)[C@H]1c1cccc(Br)c1. The molecule has 11 heteroatoms. The molecule has 0 bridgehead atoms. The number of benzene rings is 3. The van der Waals surface area contributed by atoms with Gasteiger partial charge in [-0.25, -0.2) is 13.2 Å². The number of allylic oxidation sites excluding steroid dienone is 1. The van der Waals surface area contributed by atoms with Gasteiger partial charge in [-0.1, -0.05) is 74.3 Å². The molecule has 0 spiro atoms. The van der Waals surface area contributed by atoms with Crippen molar-refractivity contribution in [2.75, 3.05) is 6.61 Å². The second kappa shape index (κ2) is 11.3. The number of rotatable bonds is 6. The molecule has 0 fully saturated rings. The maximum atomic E-state index is 14.2. The number of nitrogens with two attached hydrogens (primary N) is 1. The van der Waals surface area contributed by atoms with Crippen LogP contribution in [-0.2, 0) is 19.4 Å². The molecule has 1 aromatic heterocycles. The number of ether oxygens (including phenoxy) is 1. The van der Waals surface area contributed by atoms with E-state index in [9.17, 15) is 18.0 Å². The first-order valence-corrected chi connectivity index (χ1v) is 16.0. The molecule has 0 saturated heterocycles. The summed E-state index contributed by atoms with van der Waals surface area (Å²) < 4.78 is 37.0. The Kier molecular flexibility index (Phi) is 8.01. The van der Waals surface area contributed by atoms with E-state index in [0.29, 0.717) is 10.0 Å². The number of hydrogen-bond acceptors (Lipinski definition) is 7. The number of esters is 1. The second-order valence-electron chi connectivity index (χ2n) is 8.80. The van der Waals surface area contributed by atoms with Crippen molar-refractivity contribution in [3.63, 3.8) is 0 Å². The van der Waals surface area contributed by atoms with Crippen molar-refractivity contribution in [2.24, 2.45) is 5.73 Å². The Morgan fingerprint density at radius 2 is 1.70 bits per heavy atom. The quantitative estimate of drug-likeness (QED) is 0.300. The first kappa shape index (κ1) is 28.3. The fourth-order valence-corrected chi connectivity index (χ4v) is 8.28. The van der Waals surface area contributed by atoms with Crippen LogP contribution in [0.4, 0.5) is 0 Å². The van der Waals surface area contributed by atoms with Gasteiger partial charge in [0.25, 0.3) is 5.56 Å². The lowest BCUT2D eigenvalue weighted by Crippen LogP contribution is -2.41. The van der Waals surface area contributed by atoms with Crippen molar-refractivity contribution in [1.29, 1.82) is 0 Å². The number of carbonyl (C=O) groups is 1. The van der Waals surface area contributed by atoms with Crippen LogP contribution in [0.25, 0.3) is 17.5 Å². The molecule has 5 rings (SSSR count). The normalized spacial score (nSPS) is 15.7. The predicted molar refractivity (Wildman–Crippen MR) is 163 cm³/mol. The van der Waals surface area contributed by atoms with Crippen molar-refractivity contribution in [3.8, 4) is 0 Å². The number of carbonyl (C=O) groups excluding carboxylic acids is 1. The summed E-state index contributed by atoms with van der Waals surface area (Å²) in [5.74, 6) is -2.12. The van der Waals surface area contributed by atoms with E-state index in [0.717, 1.165) is 25.9 Å². The Morgan fingerprint density at radius 3 is 2.35 bits per heavy atom. The summed E-state index contributed by atoms with van der Waals surface area (Å²) >= 11 is 7.95. The van der Waals surface area contributed by atoms with Crippen LogP contribution in [0.3, 0.4) is 0 Å². The molecule has 0 unspecified atom stereocenters. The monoisotopic (exact) mass is 700 g/mol. The highest BCUT2D eigenvalue weighted by Crippen LogP contribution is 2.42. The molecule has 2 heterocycles. The molecule has 4 aromatic rings. The number of sulfone groups is 1. The third-order valence-electron chi connectivity index (χ3n) is 6.27. The summed E-state index contributed by atoms with van der Waals surface area (Å²) in [5.41, 5.74) is 7.35. The van der Waals surface area contributed by atoms with Gasteiger partial charge < -0.3 is 10.5 Å². The van der Waals surface area contributed by atoms with Gasteiger partial charge in [-0.2, -0.15) is 0 Å². The average molecular weight is 702 g/mol. The lowest BCUT2D eigenvalue weighted by molar-refractivity contribution is -0.136. The number of fused-ring (bicyclic) bond motifs is 1. The van der Waals surface area contributed by atoms with Gasteiger partial charge in [0.1, 0.15) is 15.4 Å². The molecule has 0 radical (unpaired) electrons. The first-order valence-electron chi connectivity index (χ1n) is 12.1. The average Bonchev–Trinajstić information content (AvgIpc) is 3.24. The molecule has 1 atom stereocenters. The summed E-state index contributed by atoms with van der Waals surface area (Å²) in [5, 5.41) is 0. The Hall–Kier alpha value is -3.25.